The van der Waals surface area contributed by atoms with E-state index in [1.807, 2.05) is 6.92 Å². The van der Waals surface area contributed by atoms with Gasteiger partial charge in [-0.2, -0.15) is 0 Å². The molecule has 1 heterocycles. The lowest BCUT2D eigenvalue weighted by Crippen LogP contribution is -2.17. The number of nitrogens with two attached hydrogens (primary N) is 1. The highest BCUT2D eigenvalue weighted by molar-refractivity contribution is 5.91. The number of carbonyl (C=O) groups is 1. The molecule has 0 spiro atoms. The first-order valence-corrected chi connectivity index (χ1v) is 3.15. The molecule has 1 saturated heterocycles. The third-order valence-corrected chi connectivity index (χ3v) is 1.57. The third-order valence-electron chi connectivity index (χ3n) is 1.57. The van der Waals surface area contributed by atoms with Crippen molar-refractivity contribution in [2.75, 3.05) is 6.61 Å². The highest BCUT2D eigenvalue weighted by atomic mass is 16.6. The fraction of sp³-hybridized carbons (Fsp3) is 0.571. The number of hydrogen-bond acceptors (Lipinski definition) is 2. The fourth-order valence-electron chi connectivity index (χ4n) is 0.764. The van der Waals surface area contributed by atoms with E-state index in [1.165, 1.54) is 0 Å². The summed E-state index contributed by atoms with van der Waals surface area (Å²) >= 11 is 0. The van der Waals surface area contributed by atoms with E-state index in [-0.39, 0.29) is 5.60 Å². The second kappa shape index (κ2) is 2.09. The van der Waals surface area contributed by atoms with E-state index in [9.17, 15) is 4.79 Å². The van der Waals surface area contributed by atoms with Gasteiger partial charge in [0.15, 0.2) is 0 Å². The first-order valence-electron chi connectivity index (χ1n) is 3.15. The minimum Gasteiger partial charge on any atom is -0.370 e. The van der Waals surface area contributed by atoms with Gasteiger partial charge < -0.3 is 10.5 Å². The molecule has 1 atom stereocenters. The lowest BCUT2D eigenvalue weighted by atomic mass is 10.0. The molecule has 0 radical (unpaired) electrons. The summed E-state index contributed by atoms with van der Waals surface area (Å²) in [4.78, 5) is 10.5. The molecule has 0 aromatic carbocycles. The summed E-state index contributed by atoms with van der Waals surface area (Å²) in [5.41, 5.74) is 5.27. The van der Waals surface area contributed by atoms with Crippen LogP contribution in [0.1, 0.15) is 13.3 Å². The van der Waals surface area contributed by atoms with Crippen LogP contribution in [0.3, 0.4) is 0 Å². The lowest BCUT2D eigenvalue weighted by molar-refractivity contribution is -0.114. The molecule has 0 saturated carbocycles. The van der Waals surface area contributed by atoms with Gasteiger partial charge in [-0.05, 0) is 6.92 Å². The zero-order chi connectivity index (χ0) is 7.78. The standard InChI is InChI=1S/C7H11NO2/c1-5(6(8)9)3-7(2)4-10-7/h1,3-4H2,2H3,(H2,8,9). The van der Waals surface area contributed by atoms with Crippen molar-refractivity contribution in [1.29, 1.82) is 0 Å². The molecule has 0 bridgehead atoms. The van der Waals surface area contributed by atoms with Gasteiger partial charge in [0, 0.05) is 12.0 Å². The smallest absolute Gasteiger partial charge is 0.244 e. The number of epoxide rings is 1. The summed E-state index contributed by atoms with van der Waals surface area (Å²) in [5, 5.41) is 0. The molecule has 1 aliphatic rings. The van der Waals surface area contributed by atoms with E-state index in [1.54, 1.807) is 0 Å². The van der Waals surface area contributed by atoms with Crippen LogP contribution in [-0.2, 0) is 9.53 Å². The van der Waals surface area contributed by atoms with Crippen LogP contribution in [-0.4, -0.2) is 18.1 Å². The van der Waals surface area contributed by atoms with Crippen molar-refractivity contribution in [2.45, 2.75) is 18.9 Å². The third kappa shape index (κ3) is 1.57. The van der Waals surface area contributed by atoms with Gasteiger partial charge in [0.05, 0.1) is 12.2 Å². The molecule has 0 aromatic rings. The summed E-state index contributed by atoms with van der Waals surface area (Å²) in [5.74, 6) is -0.434. The van der Waals surface area contributed by atoms with E-state index in [2.05, 4.69) is 6.58 Å². The molecular formula is C7H11NO2. The van der Waals surface area contributed by atoms with Gasteiger partial charge in [0.25, 0.3) is 0 Å². The molecule has 2 N–H and O–H groups in total. The maximum absolute atomic E-state index is 10.5. The Balaban J connectivity index is 2.39. The number of primary amides is 1. The van der Waals surface area contributed by atoms with Crippen LogP contribution >= 0.6 is 0 Å². The summed E-state index contributed by atoms with van der Waals surface area (Å²) in [7, 11) is 0. The minimum absolute atomic E-state index is 0.147. The minimum atomic E-state index is -0.434. The van der Waals surface area contributed by atoms with Crippen molar-refractivity contribution in [3.63, 3.8) is 0 Å². The molecule has 1 unspecified atom stereocenters. The predicted molar refractivity (Wildman–Crippen MR) is 37.3 cm³/mol. The van der Waals surface area contributed by atoms with Crippen LogP contribution in [0.5, 0.6) is 0 Å². The molecular weight excluding hydrogens is 130 g/mol. The van der Waals surface area contributed by atoms with Gasteiger partial charge in [0.2, 0.25) is 5.91 Å². The number of amides is 1. The quantitative estimate of drug-likeness (QED) is 0.451. The average Bonchev–Trinajstić information content (AvgIpc) is 2.47. The maximum Gasteiger partial charge on any atom is 0.244 e. The van der Waals surface area contributed by atoms with Crippen LogP contribution < -0.4 is 5.73 Å². The van der Waals surface area contributed by atoms with Crippen molar-refractivity contribution in [3.05, 3.63) is 12.2 Å². The van der Waals surface area contributed by atoms with Gasteiger partial charge in [-0.25, -0.2) is 0 Å². The number of hydrogen-bond donors (Lipinski definition) is 1. The number of carbonyl (C=O) groups excluding carboxylic acids is 1. The Morgan fingerprint density at radius 3 is 2.70 bits per heavy atom. The molecule has 1 amide bonds. The Morgan fingerprint density at radius 2 is 2.40 bits per heavy atom. The zero-order valence-electron chi connectivity index (χ0n) is 6.02. The molecule has 1 rings (SSSR count). The monoisotopic (exact) mass is 141 g/mol. The first-order chi connectivity index (χ1) is 4.53. The van der Waals surface area contributed by atoms with E-state index < -0.39 is 5.91 Å². The molecule has 10 heavy (non-hydrogen) atoms. The van der Waals surface area contributed by atoms with Crippen molar-refractivity contribution in [2.24, 2.45) is 5.73 Å². The number of rotatable bonds is 3. The summed E-state index contributed by atoms with van der Waals surface area (Å²) in [6.45, 7) is 6.16. The van der Waals surface area contributed by atoms with Crippen molar-refractivity contribution < 1.29 is 9.53 Å². The average molecular weight is 141 g/mol. The predicted octanol–water partition coefficient (Wildman–Crippen LogP) is 0.207. The van der Waals surface area contributed by atoms with Gasteiger partial charge in [-0.15, -0.1) is 0 Å². The Morgan fingerprint density at radius 1 is 1.90 bits per heavy atom. The van der Waals surface area contributed by atoms with Crippen molar-refractivity contribution in [1.82, 2.24) is 0 Å². The Labute approximate surface area is 59.8 Å². The SMILES string of the molecule is C=C(CC1(C)CO1)C(N)=O. The molecule has 1 aliphatic heterocycles. The zero-order valence-corrected chi connectivity index (χ0v) is 6.02. The Hall–Kier alpha value is -0.830. The molecule has 56 valence electrons. The van der Waals surface area contributed by atoms with Crippen LogP contribution in [0.2, 0.25) is 0 Å². The second-order valence-corrected chi connectivity index (χ2v) is 2.88. The van der Waals surface area contributed by atoms with Gasteiger partial charge in [-0.3, -0.25) is 4.79 Å². The molecule has 3 heteroatoms. The van der Waals surface area contributed by atoms with Crippen LogP contribution in [0.4, 0.5) is 0 Å². The topological polar surface area (TPSA) is 55.6 Å². The largest absolute Gasteiger partial charge is 0.370 e. The van der Waals surface area contributed by atoms with Gasteiger partial charge in [0.1, 0.15) is 0 Å². The number of ether oxygens (including phenoxy) is 1. The lowest BCUT2D eigenvalue weighted by Gasteiger charge is -2.03. The van der Waals surface area contributed by atoms with Crippen molar-refractivity contribution >= 4 is 5.91 Å². The first kappa shape index (κ1) is 7.28. The van der Waals surface area contributed by atoms with Crippen LogP contribution in [0, 0.1) is 0 Å². The maximum atomic E-state index is 10.5. The highest BCUT2D eigenvalue weighted by Crippen LogP contribution is 2.32. The Kier molecular flexibility index (Phi) is 1.52. The summed E-state index contributed by atoms with van der Waals surface area (Å²) in [6, 6.07) is 0. The van der Waals surface area contributed by atoms with E-state index in [4.69, 9.17) is 10.5 Å². The molecule has 0 aliphatic carbocycles. The normalized spacial score (nSPS) is 29.7. The van der Waals surface area contributed by atoms with Crippen LogP contribution in [0.25, 0.3) is 0 Å². The van der Waals surface area contributed by atoms with E-state index >= 15 is 0 Å². The molecule has 1 fully saturated rings. The van der Waals surface area contributed by atoms with E-state index in [0.29, 0.717) is 18.6 Å². The summed E-state index contributed by atoms with van der Waals surface area (Å²) < 4.78 is 5.05. The van der Waals surface area contributed by atoms with Crippen LogP contribution in [0.15, 0.2) is 12.2 Å². The Bertz CT molecular complexity index is 182. The highest BCUT2D eigenvalue weighted by Gasteiger charge is 2.40. The second-order valence-electron chi connectivity index (χ2n) is 2.88. The van der Waals surface area contributed by atoms with Gasteiger partial charge >= 0.3 is 0 Å². The van der Waals surface area contributed by atoms with Crippen molar-refractivity contribution in [3.8, 4) is 0 Å². The van der Waals surface area contributed by atoms with Gasteiger partial charge in [-0.1, -0.05) is 6.58 Å². The molecule has 0 aromatic heterocycles. The summed E-state index contributed by atoms with van der Waals surface area (Å²) in [6.07, 6.45) is 0.558. The fourth-order valence-corrected chi connectivity index (χ4v) is 0.764. The van der Waals surface area contributed by atoms with E-state index in [0.717, 1.165) is 0 Å². The molecule has 3 nitrogen and oxygen atoms in total.